The van der Waals surface area contributed by atoms with Gasteiger partial charge in [0.2, 0.25) is 0 Å². The van der Waals surface area contributed by atoms with E-state index in [0.29, 0.717) is 12.4 Å². The van der Waals surface area contributed by atoms with Crippen molar-refractivity contribution in [2.45, 2.75) is 20.8 Å². The van der Waals surface area contributed by atoms with Gasteiger partial charge in [-0.2, -0.15) is 0 Å². The zero-order valence-corrected chi connectivity index (χ0v) is 10.7. The van der Waals surface area contributed by atoms with Gasteiger partial charge < -0.3 is 9.47 Å². The molecule has 1 aromatic carbocycles. The maximum Gasteiger partial charge on any atom is 0.513 e. The third-order valence-corrected chi connectivity index (χ3v) is 2.77. The summed E-state index contributed by atoms with van der Waals surface area (Å²) in [6.45, 7) is 5.80. The predicted molar refractivity (Wildman–Crippen MR) is 68.9 cm³/mol. The second-order valence-electron chi connectivity index (χ2n) is 3.95. The van der Waals surface area contributed by atoms with Gasteiger partial charge in [-0.25, -0.2) is 4.79 Å². The van der Waals surface area contributed by atoms with Crippen LogP contribution in [0.15, 0.2) is 24.3 Å². The Bertz CT molecular complexity index is 593. The molecule has 0 fully saturated rings. The lowest BCUT2D eigenvalue weighted by atomic mass is 10.1. The molecule has 2 rings (SSSR count). The van der Waals surface area contributed by atoms with Crippen LogP contribution in [0.1, 0.15) is 18.2 Å². The summed E-state index contributed by atoms with van der Waals surface area (Å²) in [6, 6.07) is 7.55. The first kappa shape index (κ1) is 12.4. The molecule has 2 aromatic rings. The predicted octanol–water partition coefficient (Wildman–Crippen LogP) is 3.39. The van der Waals surface area contributed by atoms with Crippen LogP contribution >= 0.6 is 0 Å². The summed E-state index contributed by atoms with van der Waals surface area (Å²) in [6.07, 6.45) is -0.684. The van der Waals surface area contributed by atoms with Gasteiger partial charge in [0, 0.05) is 16.6 Å². The van der Waals surface area contributed by atoms with Gasteiger partial charge in [0.25, 0.3) is 0 Å². The van der Waals surface area contributed by atoms with Crippen molar-refractivity contribution in [2.75, 3.05) is 6.61 Å². The Labute approximate surface area is 106 Å². The quantitative estimate of drug-likeness (QED) is 0.761. The van der Waals surface area contributed by atoms with E-state index < -0.39 is 6.16 Å². The Kier molecular flexibility index (Phi) is 3.46. The molecule has 0 radical (unpaired) electrons. The second-order valence-corrected chi connectivity index (χ2v) is 3.95. The number of rotatable bonds is 2. The number of hydrogen-bond acceptors (Lipinski definition) is 4. The summed E-state index contributed by atoms with van der Waals surface area (Å²) < 4.78 is 10.1. The SMILES string of the molecule is CCOC(=O)Oc1c(C)c(C)nc2ccccc12. The molecule has 94 valence electrons. The molecule has 0 unspecified atom stereocenters. The molecule has 4 nitrogen and oxygen atoms in total. The second kappa shape index (κ2) is 5.04. The summed E-state index contributed by atoms with van der Waals surface area (Å²) in [7, 11) is 0. The van der Waals surface area contributed by atoms with Crippen LogP contribution in [-0.4, -0.2) is 17.7 Å². The number of ether oxygens (including phenoxy) is 2. The van der Waals surface area contributed by atoms with Crippen LogP contribution < -0.4 is 4.74 Å². The summed E-state index contributed by atoms with van der Waals surface area (Å²) in [5, 5.41) is 0.814. The lowest BCUT2D eigenvalue weighted by Crippen LogP contribution is -2.11. The lowest BCUT2D eigenvalue weighted by Gasteiger charge is -2.12. The van der Waals surface area contributed by atoms with E-state index >= 15 is 0 Å². The van der Waals surface area contributed by atoms with E-state index in [9.17, 15) is 4.79 Å². The molecule has 0 spiro atoms. The van der Waals surface area contributed by atoms with E-state index in [1.54, 1.807) is 6.92 Å². The van der Waals surface area contributed by atoms with Crippen LogP contribution in [0.5, 0.6) is 5.75 Å². The average Bonchev–Trinajstić information content (AvgIpc) is 2.35. The summed E-state index contributed by atoms with van der Waals surface area (Å²) >= 11 is 0. The van der Waals surface area contributed by atoms with Crippen LogP contribution in [0, 0.1) is 13.8 Å². The van der Waals surface area contributed by atoms with Crippen LogP contribution in [0.3, 0.4) is 0 Å². The number of aromatic nitrogens is 1. The minimum absolute atomic E-state index is 0.292. The zero-order chi connectivity index (χ0) is 13.1. The van der Waals surface area contributed by atoms with Crippen molar-refractivity contribution in [3.63, 3.8) is 0 Å². The van der Waals surface area contributed by atoms with Gasteiger partial charge in [-0.15, -0.1) is 0 Å². The lowest BCUT2D eigenvalue weighted by molar-refractivity contribution is 0.104. The van der Waals surface area contributed by atoms with E-state index in [4.69, 9.17) is 9.47 Å². The van der Waals surface area contributed by atoms with E-state index in [1.807, 2.05) is 38.1 Å². The minimum Gasteiger partial charge on any atom is -0.434 e. The highest BCUT2D eigenvalue weighted by Gasteiger charge is 2.14. The number of nitrogens with zero attached hydrogens (tertiary/aromatic N) is 1. The van der Waals surface area contributed by atoms with Crippen LogP contribution in [0.4, 0.5) is 4.79 Å². The van der Waals surface area contributed by atoms with Crippen LogP contribution in [0.25, 0.3) is 10.9 Å². The normalized spacial score (nSPS) is 10.4. The molecule has 0 N–H and O–H groups in total. The van der Waals surface area contributed by atoms with Crippen LogP contribution in [-0.2, 0) is 4.74 Å². The highest BCUT2D eigenvalue weighted by molar-refractivity contribution is 5.88. The number of benzene rings is 1. The molecule has 0 amide bonds. The van der Waals surface area contributed by atoms with Crippen LogP contribution in [0.2, 0.25) is 0 Å². The molecule has 0 aliphatic carbocycles. The first-order valence-corrected chi connectivity index (χ1v) is 5.84. The number of pyridine rings is 1. The average molecular weight is 245 g/mol. The fraction of sp³-hybridized carbons (Fsp3) is 0.286. The molecule has 0 aliphatic rings. The van der Waals surface area contributed by atoms with E-state index in [2.05, 4.69) is 4.98 Å². The smallest absolute Gasteiger partial charge is 0.434 e. The molecular weight excluding hydrogens is 230 g/mol. The number of carbonyl (C=O) groups excluding carboxylic acids is 1. The summed E-state index contributed by atoms with van der Waals surface area (Å²) in [5.74, 6) is 0.525. The van der Waals surface area contributed by atoms with Crippen molar-refractivity contribution in [1.29, 1.82) is 0 Å². The van der Waals surface area contributed by atoms with Crippen molar-refractivity contribution in [3.8, 4) is 5.75 Å². The van der Waals surface area contributed by atoms with Gasteiger partial charge in [-0.1, -0.05) is 12.1 Å². The molecule has 1 aromatic heterocycles. The standard InChI is InChI=1S/C14H15NO3/c1-4-17-14(16)18-13-9(2)10(3)15-12-8-6-5-7-11(12)13/h5-8H,4H2,1-3H3. The number of hydrogen-bond donors (Lipinski definition) is 0. The van der Waals surface area contributed by atoms with Crippen molar-refractivity contribution in [1.82, 2.24) is 4.98 Å². The van der Waals surface area contributed by atoms with Gasteiger partial charge >= 0.3 is 6.16 Å². The molecular formula is C14H15NO3. The van der Waals surface area contributed by atoms with Crippen molar-refractivity contribution in [2.24, 2.45) is 0 Å². The third kappa shape index (κ3) is 2.27. The topological polar surface area (TPSA) is 48.4 Å². The Morgan fingerprint density at radius 2 is 2.00 bits per heavy atom. The number of aryl methyl sites for hydroxylation is 1. The van der Waals surface area contributed by atoms with Crippen molar-refractivity contribution < 1.29 is 14.3 Å². The zero-order valence-electron chi connectivity index (χ0n) is 10.7. The number of fused-ring (bicyclic) bond motifs is 1. The van der Waals surface area contributed by atoms with E-state index in [0.717, 1.165) is 22.2 Å². The number of carbonyl (C=O) groups is 1. The first-order chi connectivity index (χ1) is 8.63. The van der Waals surface area contributed by atoms with E-state index in [1.165, 1.54) is 0 Å². The van der Waals surface area contributed by atoms with Gasteiger partial charge in [0.15, 0.2) is 0 Å². The van der Waals surface area contributed by atoms with Gasteiger partial charge in [-0.3, -0.25) is 4.98 Å². The Morgan fingerprint density at radius 3 is 2.72 bits per heavy atom. The van der Waals surface area contributed by atoms with Crippen molar-refractivity contribution >= 4 is 17.1 Å². The maximum absolute atomic E-state index is 11.5. The molecule has 0 saturated heterocycles. The first-order valence-electron chi connectivity index (χ1n) is 5.84. The summed E-state index contributed by atoms with van der Waals surface area (Å²) in [4.78, 5) is 15.9. The fourth-order valence-corrected chi connectivity index (χ4v) is 1.76. The molecule has 18 heavy (non-hydrogen) atoms. The van der Waals surface area contributed by atoms with E-state index in [-0.39, 0.29) is 0 Å². The van der Waals surface area contributed by atoms with Gasteiger partial charge in [-0.05, 0) is 32.9 Å². The molecule has 0 atom stereocenters. The molecule has 1 heterocycles. The molecule has 4 heteroatoms. The highest BCUT2D eigenvalue weighted by Crippen LogP contribution is 2.30. The molecule has 0 aliphatic heterocycles. The molecule has 0 saturated carbocycles. The van der Waals surface area contributed by atoms with Gasteiger partial charge in [0.1, 0.15) is 5.75 Å². The Balaban J connectivity index is 2.53. The Hall–Kier alpha value is -2.10. The number of para-hydroxylation sites is 1. The maximum atomic E-state index is 11.5. The third-order valence-electron chi connectivity index (χ3n) is 2.77. The monoisotopic (exact) mass is 245 g/mol. The van der Waals surface area contributed by atoms with Crippen molar-refractivity contribution in [3.05, 3.63) is 35.5 Å². The highest BCUT2D eigenvalue weighted by atomic mass is 16.7. The van der Waals surface area contributed by atoms with Gasteiger partial charge in [0.05, 0.1) is 12.1 Å². The Morgan fingerprint density at radius 1 is 1.28 bits per heavy atom. The fourth-order valence-electron chi connectivity index (χ4n) is 1.76. The molecule has 0 bridgehead atoms. The largest absolute Gasteiger partial charge is 0.513 e. The summed E-state index contributed by atoms with van der Waals surface area (Å²) in [5.41, 5.74) is 2.50. The minimum atomic E-state index is -0.684.